The predicted molar refractivity (Wildman–Crippen MR) is 125 cm³/mol. The average molecular weight is 467 g/mol. The number of nitrogens with zero attached hydrogens (tertiary/aromatic N) is 2. The van der Waals surface area contributed by atoms with Crippen LogP contribution in [0.1, 0.15) is 43.7 Å². The number of thiocarbonyl (C=S) groups is 1. The van der Waals surface area contributed by atoms with E-state index in [1.165, 1.54) is 27.1 Å². The second-order valence-electron chi connectivity index (χ2n) is 7.97. The van der Waals surface area contributed by atoms with Gasteiger partial charge in [-0.1, -0.05) is 62.1 Å². The first-order chi connectivity index (χ1) is 14.1. The van der Waals surface area contributed by atoms with Crippen LogP contribution in [0.5, 0.6) is 0 Å². The summed E-state index contributed by atoms with van der Waals surface area (Å²) in [6.45, 7) is 4.45. The number of sulfone groups is 1. The molecule has 2 saturated heterocycles. The van der Waals surface area contributed by atoms with Gasteiger partial charge < -0.3 is 4.90 Å². The molecule has 2 aliphatic rings. The van der Waals surface area contributed by atoms with Gasteiger partial charge in [0.15, 0.2) is 9.84 Å². The van der Waals surface area contributed by atoms with Crippen LogP contribution >= 0.6 is 24.0 Å². The minimum atomic E-state index is -3.06. The van der Waals surface area contributed by atoms with Crippen molar-refractivity contribution >= 4 is 56.0 Å². The van der Waals surface area contributed by atoms with Crippen molar-refractivity contribution in [3.05, 3.63) is 40.3 Å². The summed E-state index contributed by atoms with van der Waals surface area (Å²) in [4.78, 5) is 28.7. The molecule has 2 heterocycles. The van der Waals surface area contributed by atoms with Crippen LogP contribution < -0.4 is 0 Å². The molecule has 0 aromatic heterocycles. The number of rotatable bonds is 6. The third-order valence-electron chi connectivity index (χ3n) is 5.47. The highest BCUT2D eigenvalue weighted by molar-refractivity contribution is 8.26. The van der Waals surface area contributed by atoms with Gasteiger partial charge in [-0.3, -0.25) is 14.5 Å². The number of hydrogen-bond acceptors (Lipinski definition) is 6. The van der Waals surface area contributed by atoms with Crippen LogP contribution in [0.3, 0.4) is 0 Å². The van der Waals surface area contributed by atoms with E-state index >= 15 is 0 Å². The number of benzene rings is 1. The molecule has 2 amide bonds. The monoisotopic (exact) mass is 466 g/mol. The molecule has 0 N–H and O–H groups in total. The van der Waals surface area contributed by atoms with E-state index in [9.17, 15) is 18.0 Å². The molecule has 0 bridgehead atoms. The zero-order valence-corrected chi connectivity index (χ0v) is 19.8. The number of amides is 2. The molecule has 1 atom stereocenters. The van der Waals surface area contributed by atoms with E-state index < -0.39 is 9.84 Å². The lowest BCUT2D eigenvalue weighted by atomic mass is 10.0. The number of thioether (sulfide) groups is 1. The maximum atomic E-state index is 12.8. The van der Waals surface area contributed by atoms with Crippen LogP contribution in [0, 0.1) is 0 Å². The molecule has 162 valence electrons. The summed E-state index contributed by atoms with van der Waals surface area (Å²) < 4.78 is 23.7. The van der Waals surface area contributed by atoms with Crippen molar-refractivity contribution in [2.24, 2.45) is 0 Å². The minimum Gasteiger partial charge on any atom is -0.342 e. The Morgan fingerprint density at radius 1 is 1.33 bits per heavy atom. The predicted octanol–water partition coefficient (Wildman–Crippen LogP) is 3.05. The molecule has 1 aromatic rings. The molecular formula is C21H26N2O4S3. The molecule has 0 spiro atoms. The van der Waals surface area contributed by atoms with Crippen molar-refractivity contribution < 1.29 is 18.0 Å². The lowest BCUT2D eigenvalue weighted by molar-refractivity contribution is -0.132. The molecular weight excluding hydrogens is 440 g/mol. The van der Waals surface area contributed by atoms with Gasteiger partial charge in [-0.2, -0.15) is 0 Å². The summed E-state index contributed by atoms with van der Waals surface area (Å²) in [5, 5.41) is 0. The minimum absolute atomic E-state index is 0.00857. The van der Waals surface area contributed by atoms with Crippen molar-refractivity contribution in [3.63, 3.8) is 0 Å². The van der Waals surface area contributed by atoms with Crippen LogP contribution in [-0.4, -0.2) is 65.5 Å². The van der Waals surface area contributed by atoms with E-state index in [2.05, 4.69) is 26.0 Å². The standard InChI is InChI=1S/C21H26N2O4S3/c1-14(2)16-6-4-15(5-7-16)12-18-20(25)23(21(28)29-18)10-8-19(24)22(3)17-9-11-30(26,27)13-17/h4-7,12,14,17H,8-11,13H2,1-3H3/b18-12-. The highest BCUT2D eigenvalue weighted by Gasteiger charge is 2.35. The first-order valence-corrected chi connectivity index (χ1v) is 12.9. The Morgan fingerprint density at radius 3 is 2.57 bits per heavy atom. The van der Waals surface area contributed by atoms with E-state index in [-0.39, 0.29) is 42.3 Å². The van der Waals surface area contributed by atoms with Gasteiger partial charge in [-0.15, -0.1) is 0 Å². The smallest absolute Gasteiger partial charge is 0.266 e. The normalized spacial score (nSPS) is 22.3. The molecule has 3 rings (SSSR count). The fourth-order valence-electron chi connectivity index (χ4n) is 3.49. The maximum Gasteiger partial charge on any atom is 0.266 e. The Morgan fingerprint density at radius 2 is 2.00 bits per heavy atom. The Balaban J connectivity index is 1.60. The van der Waals surface area contributed by atoms with Gasteiger partial charge in [-0.05, 0) is 29.5 Å². The lowest BCUT2D eigenvalue weighted by Crippen LogP contribution is -2.40. The third kappa shape index (κ3) is 5.31. The van der Waals surface area contributed by atoms with Crippen molar-refractivity contribution in [2.75, 3.05) is 25.1 Å². The number of carbonyl (C=O) groups excluding carboxylic acids is 2. The summed E-state index contributed by atoms with van der Waals surface area (Å²) in [5.74, 6) is 0.190. The molecule has 0 aliphatic carbocycles. The fourth-order valence-corrected chi connectivity index (χ4v) is 6.57. The van der Waals surface area contributed by atoms with Crippen molar-refractivity contribution in [1.29, 1.82) is 0 Å². The second kappa shape index (κ2) is 9.20. The average Bonchev–Trinajstić information content (AvgIpc) is 3.18. The Kier molecular flexibility index (Phi) is 7.04. The van der Waals surface area contributed by atoms with Gasteiger partial charge in [0.1, 0.15) is 4.32 Å². The van der Waals surface area contributed by atoms with E-state index in [1.54, 1.807) is 7.05 Å². The molecule has 0 saturated carbocycles. The quantitative estimate of drug-likeness (QED) is 0.474. The van der Waals surface area contributed by atoms with Crippen LogP contribution in [0.15, 0.2) is 29.2 Å². The second-order valence-corrected chi connectivity index (χ2v) is 11.9. The van der Waals surface area contributed by atoms with Gasteiger partial charge in [0, 0.05) is 26.1 Å². The molecule has 6 nitrogen and oxygen atoms in total. The van der Waals surface area contributed by atoms with Crippen LogP contribution in [0.4, 0.5) is 0 Å². The van der Waals surface area contributed by atoms with Crippen LogP contribution in [0.25, 0.3) is 6.08 Å². The van der Waals surface area contributed by atoms with Gasteiger partial charge in [0.25, 0.3) is 5.91 Å². The number of carbonyl (C=O) groups is 2. The zero-order valence-electron chi connectivity index (χ0n) is 17.3. The van der Waals surface area contributed by atoms with E-state index in [0.717, 1.165) is 5.56 Å². The fraction of sp³-hybridized carbons (Fsp3) is 0.476. The summed E-state index contributed by atoms with van der Waals surface area (Å²) in [6.07, 6.45) is 2.39. The van der Waals surface area contributed by atoms with Crippen molar-refractivity contribution in [3.8, 4) is 0 Å². The molecule has 0 radical (unpaired) electrons. The van der Waals surface area contributed by atoms with E-state index in [4.69, 9.17) is 12.2 Å². The summed E-state index contributed by atoms with van der Waals surface area (Å²) in [5.41, 5.74) is 2.16. The maximum absolute atomic E-state index is 12.8. The molecule has 2 fully saturated rings. The van der Waals surface area contributed by atoms with Crippen LogP contribution in [0.2, 0.25) is 0 Å². The van der Waals surface area contributed by atoms with Gasteiger partial charge in [0.2, 0.25) is 5.91 Å². The zero-order chi connectivity index (χ0) is 22.1. The molecule has 2 aliphatic heterocycles. The number of hydrogen-bond donors (Lipinski definition) is 0. The van der Waals surface area contributed by atoms with Gasteiger partial charge in [-0.25, -0.2) is 8.42 Å². The SMILES string of the molecule is CC(C)c1ccc(/C=C2\SC(=S)N(CCC(=O)N(C)C3CCS(=O)(=O)C3)C2=O)cc1. The van der Waals surface area contributed by atoms with Gasteiger partial charge in [0.05, 0.1) is 16.4 Å². The largest absolute Gasteiger partial charge is 0.342 e. The highest BCUT2D eigenvalue weighted by atomic mass is 32.2. The highest BCUT2D eigenvalue weighted by Crippen LogP contribution is 2.33. The first kappa shape index (κ1) is 23.0. The third-order valence-corrected chi connectivity index (χ3v) is 8.60. The van der Waals surface area contributed by atoms with Gasteiger partial charge >= 0.3 is 0 Å². The van der Waals surface area contributed by atoms with Crippen molar-refractivity contribution in [2.45, 2.75) is 38.6 Å². The summed E-state index contributed by atoms with van der Waals surface area (Å²) in [6, 6.07) is 7.78. The Hall–Kier alpha value is -1.71. The molecule has 1 aromatic carbocycles. The first-order valence-electron chi connectivity index (χ1n) is 9.89. The summed E-state index contributed by atoms with van der Waals surface area (Å²) >= 11 is 6.58. The van der Waals surface area contributed by atoms with E-state index in [1.807, 2.05) is 18.2 Å². The summed E-state index contributed by atoms with van der Waals surface area (Å²) in [7, 11) is -1.43. The Bertz CT molecular complexity index is 984. The Labute approximate surface area is 187 Å². The molecule has 1 unspecified atom stereocenters. The molecule has 9 heteroatoms. The molecule has 30 heavy (non-hydrogen) atoms. The van der Waals surface area contributed by atoms with E-state index in [0.29, 0.717) is 21.6 Å². The lowest BCUT2D eigenvalue weighted by Gasteiger charge is -2.24. The topological polar surface area (TPSA) is 74.8 Å². The van der Waals surface area contributed by atoms with Crippen molar-refractivity contribution in [1.82, 2.24) is 9.80 Å². The van der Waals surface area contributed by atoms with Crippen LogP contribution in [-0.2, 0) is 19.4 Å².